The fraction of sp³-hybridized carbons (Fsp3) is 0.533. The molecule has 0 aliphatic carbocycles. The van der Waals surface area contributed by atoms with Crippen LogP contribution in [0.2, 0.25) is 0 Å². The molecule has 0 heterocycles. The number of carbonyl (C=O) groups is 1. The Labute approximate surface area is 121 Å². The summed E-state index contributed by atoms with van der Waals surface area (Å²) in [5, 5.41) is 0. The monoisotopic (exact) mass is 297 g/mol. The first kappa shape index (κ1) is 16.9. The van der Waals surface area contributed by atoms with Crippen molar-refractivity contribution in [3.63, 3.8) is 0 Å². The number of ketones is 1. The van der Waals surface area contributed by atoms with E-state index in [1.165, 1.54) is 19.1 Å². The highest BCUT2D eigenvalue weighted by Crippen LogP contribution is 2.23. The molecule has 0 atom stereocenters. The molecule has 0 spiro atoms. The molecule has 112 valence electrons. The van der Waals surface area contributed by atoms with Crippen LogP contribution < -0.4 is 4.72 Å². The quantitative estimate of drug-likeness (QED) is 0.786. The highest BCUT2D eigenvalue weighted by Gasteiger charge is 2.30. The van der Waals surface area contributed by atoms with Gasteiger partial charge in [0.25, 0.3) is 0 Å². The Morgan fingerprint density at radius 3 is 2.15 bits per heavy atom. The molecule has 0 unspecified atom stereocenters. The lowest BCUT2D eigenvalue weighted by Crippen LogP contribution is -2.46. The molecule has 0 amide bonds. The van der Waals surface area contributed by atoms with Gasteiger partial charge in [-0.05, 0) is 38.3 Å². The molecule has 1 N–H and O–H groups in total. The number of Topliss-reactive ketones (excluding diaryl/α,β-unsaturated/α-hetero) is 1. The third-order valence-corrected chi connectivity index (χ3v) is 5.51. The van der Waals surface area contributed by atoms with Crippen LogP contribution in [-0.2, 0) is 10.0 Å². The average Bonchev–Trinajstić information content (AvgIpc) is 2.45. The van der Waals surface area contributed by atoms with E-state index >= 15 is 0 Å². The van der Waals surface area contributed by atoms with Crippen molar-refractivity contribution in [2.45, 2.75) is 57.4 Å². The molecule has 0 fully saturated rings. The molecule has 0 aromatic heterocycles. The summed E-state index contributed by atoms with van der Waals surface area (Å²) in [5.74, 6) is -0.144. The molecule has 1 rings (SSSR count). The van der Waals surface area contributed by atoms with Gasteiger partial charge in [0.2, 0.25) is 10.0 Å². The Morgan fingerprint density at radius 2 is 1.70 bits per heavy atom. The minimum absolute atomic E-state index is 0.143. The van der Waals surface area contributed by atoms with E-state index in [0.717, 1.165) is 19.3 Å². The maximum atomic E-state index is 12.5. The summed E-state index contributed by atoms with van der Waals surface area (Å²) in [4.78, 5) is 11.5. The molecule has 0 aliphatic rings. The number of hydrogen-bond acceptors (Lipinski definition) is 3. The van der Waals surface area contributed by atoms with Crippen molar-refractivity contribution in [3.05, 3.63) is 29.8 Å². The van der Waals surface area contributed by atoms with Crippen molar-refractivity contribution in [3.8, 4) is 0 Å². The zero-order valence-corrected chi connectivity index (χ0v) is 13.4. The molecule has 20 heavy (non-hydrogen) atoms. The van der Waals surface area contributed by atoms with Gasteiger partial charge in [0.1, 0.15) is 0 Å². The van der Waals surface area contributed by atoms with Crippen LogP contribution in [-0.4, -0.2) is 19.7 Å². The molecule has 4 nitrogen and oxygen atoms in total. The Bertz CT molecular complexity index is 566. The standard InChI is InChI=1S/C15H23NO3S/c1-5-15(6-2,7-3)16-20(18,19)14-10-8-9-13(11-14)12(4)17/h8-11,16H,5-7H2,1-4H3. The van der Waals surface area contributed by atoms with Crippen LogP contribution in [0.4, 0.5) is 0 Å². The van der Waals surface area contributed by atoms with Crippen LogP contribution >= 0.6 is 0 Å². The van der Waals surface area contributed by atoms with Gasteiger partial charge in [-0.15, -0.1) is 0 Å². The Morgan fingerprint density at radius 1 is 1.15 bits per heavy atom. The largest absolute Gasteiger partial charge is 0.295 e. The summed E-state index contributed by atoms with van der Waals surface area (Å²) < 4.78 is 27.8. The molecule has 0 saturated heterocycles. The van der Waals surface area contributed by atoms with Crippen molar-refractivity contribution >= 4 is 15.8 Å². The second-order valence-corrected chi connectivity index (χ2v) is 6.71. The molecule has 1 aromatic carbocycles. The highest BCUT2D eigenvalue weighted by atomic mass is 32.2. The van der Waals surface area contributed by atoms with Gasteiger partial charge >= 0.3 is 0 Å². The van der Waals surface area contributed by atoms with Crippen molar-refractivity contribution in [1.29, 1.82) is 0 Å². The van der Waals surface area contributed by atoms with E-state index in [4.69, 9.17) is 0 Å². The topological polar surface area (TPSA) is 63.2 Å². The molecule has 1 aromatic rings. The number of nitrogens with one attached hydrogen (secondary N) is 1. The summed E-state index contributed by atoms with van der Waals surface area (Å²) >= 11 is 0. The first-order chi connectivity index (χ1) is 9.30. The highest BCUT2D eigenvalue weighted by molar-refractivity contribution is 7.89. The van der Waals surface area contributed by atoms with E-state index in [2.05, 4.69) is 4.72 Å². The smallest absolute Gasteiger partial charge is 0.241 e. The number of hydrogen-bond donors (Lipinski definition) is 1. The molecular formula is C15H23NO3S. The predicted octanol–water partition coefficient (Wildman–Crippen LogP) is 3.14. The van der Waals surface area contributed by atoms with Crippen LogP contribution in [0.3, 0.4) is 0 Å². The Kier molecular flexibility index (Phi) is 5.48. The lowest BCUT2D eigenvalue weighted by molar-refractivity contribution is 0.101. The van der Waals surface area contributed by atoms with Gasteiger partial charge in [-0.25, -0.2) is 13.1 Å². The molecule has 0 saturated carbocycles. The first-order valence-electron chi connectivity index (χ1n) is 6.95. The van der Waals surface area contributed by atoms with E-state index in [0.29, 0.717) is 5.56 Å². The van der Waals surface area contributed by atoms with Crippen LogP contribution in [0.5, 0.6) is 0 Å². The van der Waals surface area contributed by atoms with E-state index < -0.39 is 15.6 Å². The maximum Gasteiger partial charge on any atom is 0.241 e. The van der Waals surface area contributed by atoms with Gasteiger partial charge in [-0.3, -0.25) is 4.79 Å². The fourth-order valence-electron chi connectivity index (χ4n) is 2.19. The lowest BCUT2D eigenvalue weighted by atomic mass is 9.91. The van der Waals surface area contributed by atoms with Crippen molar-refractivity contribution < 1.29 is 13.2 Å². The number of benzene rings is 1. The second kappa shape index (κ2) is 6.50. The number of carbonyl (C=O) groups excluding carboxylic acids is 1. The normalized spacial score (nSPS) is 12.4. The zero-order valence-electron chi connectivity index (χ0n) is 12.6. The van der Waals surface area contributed by atoms with E-state index in [-0.39, 0.29) is 10.7 Å². The van der Waals surface area contributed by atoms with Crippen LogP contribution in [0.1, 0.15) is 57.3 Å². The fourth-order valence-corrected chi connectivity index (χ4v) is 3.85. The van der Waals surface area contributed by atoms with Gasteiger partial charge in [0.05, 0.1) is 4.90 Å². The van der Waals surface area contributed by atoms with Crippen LogP contribution in [0.15, 0.2) is 29.2 Å². The first-order valence-corrected chi connectivity index (χ1v) is 8.43. The molecule has 0 aliphatic heterocycles. The summed E-state index contributed by atoms with van der Waals surface area (Å²) in [5.41, 5.74) is -0.0200. The SMILES string of the molecule is CCC(CC)(CC)NS(=O)(=O)c1cccc(C(C)=O)c1. The van der Waals surface area contributed by atoms with Crippen molar-refractivity contribution in [2.24, 2.45) is 0 Å². The van der Waals surface area contributed by atoms with Crippen molar-refractivity contribution in [2.75, 3.05) is 0 Å². The van der Waals surface area contributed by atoms with E-state index in [1.54, 1.807) is 12.1 Å². The summed E-state index contributed by atoms with van der Waals surface area (Å²) in [6.07, 6.45) is 2.18. The second-order valence-electron chi connectivity index (χ2n) is 5.03. The van der Waals surface area contributed by atoms with Crippen LogP contribution in [0, 0.1) is 0 Å². The minimum Gasteiger partial charge on any atom is -0.295 e. The van der Waals surface area contributed by atoms with Gasteiger partial charge in [0.15, 0.2) is 5.78 Å². The molecule has 0 bridgehead atoms. The van der Waals surface area contributed by atoms with Gasteiger partial charge in [0, 0.05) is 11.1 Å². The van der Waals surface area contributed by atoms with Gasteiger partial charge in [-0.1, -0.05) is 32.9 Å². The lowest BCUT2D eigenvalue weighted by Gasteiger charge is -2.31. The number of rotatable bonds is 7. The average molecular weight is 297 g/mol. The Balaban J connectivity index is 3.17. The molecule has 5 heteroatoms. The Hall–Kier alpha value is -1.20. The molecular weight excluding hydrogens is 274 g/mol. The summed E-state index contributed by atoms with van der Waals surface area (Å²) in [6, 6.07) is 6.15. The van der Waals surface area contributed by atoms with E-state index in [9.17, 15) is 13.2 Å². The molecule has 0 radical (unpaired) electrons. The third-order valence-electron chi connectivity index (χ3n) is 3.93. The zero-order chi connectivity index (χ0) is 15.4. The van der Waals surface area contributed by atoms with Gasteiger partial charge < -0.3 is 0 Å². The minimum atomic E-state index is -3.61. The van der Waals surface area contributed by atoms with Gasteiger partial charge in [-0.2, -0.15) is 0 Å². The van der Waals surface area contributed by atoms with Crippen molar-refractivity contribution in [1.82, 2.24) is 4.72 Å². The number of sulfonamides is 1. The maximum absolute atomic E-state index is 12.5. The summed E-state index contributed by atoms with van der Waals surface area (Å²) in [7, 11) is -3.61. The predicted molar refractivity (Wildman–Crippen MR) is 80.4 cm³/mol. The third kappa shape index (κ3) is 3.67. The summed E-state index contributed by atoms with van der Waals surface area (Å²) in [6.45, 7) is 7.35. The van der Waals surface area contributed by atoms with Crippen LogP contribution in [0.25, 0.3) is 0 Å². The van der Waals surface area contributed by atoms with E-state index in [1.807, 2.05) is 20.8 Å².